The molecule has 0 aliphatic carbocycles. The molecule has 0 atom stereocenters. The van der Waals surface area contributed by atoms with E-state index < -0.39 is 0 Å². The highest BCUT2D eigenvalue weighted by atomic mass is 16.2. The number of hydrogen-bond donors (Lipinski definition) is 1. The summed E-state index contributed by atoms with van der Waals surface area (Å²) in [5.74, 6) is 0.884. The predicted octanol–water partition coefficient (Wildman–Crippen LogP) is 3.30. The van der Waals surface area contributed by atoms with Gasteiger partial charge < -0.3 is 10.2 Å². The molecule has 1 N–H and O–H groups in total. The molecule has 2 aromatic carbocycles. The van der Waals surface area contributed by atoms with Gasteiger partial charge in [0.25, 0.3) is 5.91 Å². The Hall–Kier alpha value is -1.87. The summed E-state index contributed by atoms with van der Waals surface area (Å²) in [6, 6.07) is 14.1. The molecule has 1 aliphatic heterocycles. The van der Waals surface area contributed by atoms with Crippen LogP contribution in [0, 0.1) is 5.92 Å². The van der Waals surface area contributed by atoms with E-state index in [0.29, 0.717) is 5.92 Å². The van der Waals surface area contributed by atoms with Crippen molar-refractivity contribution in [3.63, 3.8) is 0 Å². The van der Waals surface area contributed by atoms with Gasteiger partial charge in [-0.05, 0) is 48.7 Å². The summed E-state index contributed by atoms with van der Waals surface area (Å²) in [6.07, 6.45) is 2.20. The van der Waals surface area contributed by atoms with Crippen molar-refractivity contribution in [2.75, 3.05) is 26.2 Å². The minimum Gasteiger partial charge on any atom is -0.339 e. The molecule has 0 bridgehead atoms. The molecule has 1 heterocycles. The van der Waals surface area contributed by atoms with Crippen LogP contribution in [0.5, 0.6) is 0 Å². The van der Waals surface area contributed by atoms with E-state index in [1.54, 1.807) is 0 Å². The quantitative estimate of drug-likeness (QED) is 0.939. The van der Waals surface area contributed by atoms with Crippen molar-refractivity contribution in [1.29, 1.82) is 0 Å². The lowest BCUT2D eigenvalue weighted by atomic mass is 9.95. The highest BCUT2D eigenvalue weighted by molar-refractivity contribution is 6.07. The van der Waals surface area contributed by atoms with Gasteiger partial charge in [0, 0.05) is 18.7 Å². The molecule has 0 aromatic heterocycles. The van der Waals surface area contributed by atoms with Crippen LogP contribution in [-0.2, 0) is 0 Å². The van der Waals surface area contributed by atoms with Crippen molar-refractivity contribution in [2.24, 2.45) is 5.92 Å². The van der Waals surface area contributed by atoms with Gasteiger partial charge in [0.05, 0.1) is 0 Å². The summed E-state index contributed by atoms with van der Waals surface area (Å²) in [5, 5.41) is 5.61. The first kappa shape index (κ1) is 15.0. The molecule has 1 amide bonds. The van der Waals surface area contributed by atoms with Gasteiger partial charge in [-0.15, -0.1) is 0 Å². The summed E-state index contributed by atoms with van der Waals surface area (Å²) in [7, 11) is 0. The van der Waals surface area contributed by atoms with Crippen molar-refractivity contribution in [3.05, 3.63) is 48.0 Å². The zero-order valence-corrected chi connectivity index (χ0v) is 13.2. The number of carbonyl (C=O) groups excluding carboxylic acids is 1. The van der Waals surface area contributed by atoms with Crippen molar-refractivity contribution >= 4 is 16.7 Å². The number of likely N-dealkylation sites (tertiary alicyclic amines) is 1. The van der Waals surface area contributed by atoms with Gasteiger partial charge in [-0.25, -0.2) is 0 Å². The van der Waals surface area contributed by atoms with Gasteiger partial charge in [0.2, 0.25) is 0 Å². The first-order valence-electron chi connectivity index (χ1n) is 8.27. The van der Waals surface area contributed by atoms with E-state index in [-0.39, 0.29) is 5.91 Å². The maximum Gasteiger partial charge on any atom is 0.254 e. The van der Waals surface area contributed by atoms with Gasteiger partial charge in [0.1, 0.15) is 0 Å². The molecule has 0 radical (unpaired) electrons. The van der Waals surface area contributed by atoms with Gasteiger partial charge in [-0.1, -0.05) is 43.3 Å². The van der Waals surface area contributed by atoms with Gasteiger partial charge in [-0.2, -0.15) is 0 Å². The van der Waals surface area contributed by atoms with Crippen LogP contribution in [0.1, 0.15) is 30.1 Å². The van der Waals surface area contributed by atoms with E-state index in [1.165, 1.54) is 0 Å². The van der Waals surface area contributed by atoms with E-state index in [2.05, 4.69) is 24.4 Å². The minimum atomic E-state index is 0.179. The van der Waals surface area contributed by atoms with Crippen molar-refractivity contribution in [3.8, 4) is 0 Å². The van der Waals surface area contributed by atoms with Crippen LogP contribution < -0.4 is 5.32 Å². The second-order valence-electron chi connectivity index (χ2n) is 6.07. The SMILES string of the molecule is CCNCC1CCN(C(=O)c2cccc3ccccc23)CC1. The first-order chi connectivity index (χ1) is 10.8. The normalized spacial score (nSPS) is 16.1. The summed E-state index contributed by atoms with van der Waals surface area (Å²) in [4.78, 5) is 14.9. The zero-order chi connectivity index (χ0) is 15.4. The lowest BCUT2D eigenvalue weighted by Crippen LogP contribution is -2.40. The van der Waals surface area contributed by atoms with Crippen LogP contribution in [0.4, 0.5) is 0 Å². The summed E-state index contributed by atoms with van der Waals surface area (Å²) >= 11 is 0. The van der Waals surface area contributed by atoms with Crippen LogP contribution in [0.25, 0.3) is 10.8 Å². The summed E-state index contributed by atoms with van der Waals surface area (Å²) in [5.41, 5.74) is 0.836. The molecular weight excluding hydrogens is 272 g/mol. The fraction of sp³-hybridized carbons (Fsp3) is 0.421. The largest absolute Gasteiger partial charge is 0.339 e. The van der Waals surface area contributed by atoms with Crippen LogP contribution in [0.15, 0.2) is 42.5 Å². The Balaban J connectivity index is 1.72. The highest BCUT2D eigenvalue weighted by Crippen LogP contribution is 2.23. The van der Waals surface area contributed by atoms with Crippen LogP contribution in [0.2, 0.25) is 0 Å². The van der Waals surface area contributed by atoms with E-state index in [1.807, 2.05) is 35.2 Å². The van der Waals surface area contributed by atoms with Gasteiger partial charge in [0.15, 0.2) is 0 Å². The number of hydrogen-bond acceptors (Lipinski definition) is 2. The first-order valence-corrected chi connectivity index (χ1v) is 8.27. The van der Waals surface area contributed by atoms with Crippen molar-refractivity contribution in [2.45, 2.75) is 19.8 Å². The summed E-state index contributed by atoms with van der Waals surface area (Å²) in [6.45, 7) is 5.98. The molecule has 116 valence electrons. The van der Waals surface area contributed by atoms with E-state index in [4.69, 9.17) is 0 Å². The molecule has 0 unspecified atom stereocenters. The topological polar surface area (TPSA) is 32.3 Å². The van der Waals surface area contributed by atoms with E-state index in [0.717, 1.165) is 55.4 Å². The standard InChI is InChI=1S/C19H24N2O/c1-2-20-14-15-10-12-21(13-11-15)19(22)18-9-5-7-16-6-3-4-8-17(16)18/h3-9,15,20H,2,10-14H2,1H3. The number of piperidine rings is 1. The number of nitrogens with one attached hydrogen (secondary N) is 1. The average molecular weight is 296 g/mol. The number of amides is 1. The maximum absolute atomic E-state index is 12.8. The third-order valence-corrected chi connectivity index (χ3v) is 4.60. The molecule has 1 aliphatic rings. The Kier molecular flexibility index (Phi) is 4.74. The maximum atomic E-state index is 12.8. The van der Waals surface area contributed by atoms with Crippen molar-refractivity contribution < 1.29 is 4.79 Å². The zero-order valence-electron chi connectivity index (χ0n) is 13.2. The molecule has 1 fully saturated rings. The number of carbonyl (C=O) groups is 1. The number of fused-ring (bicyclic) bond motifs is 1. The number of nitrogens with zero attached hydrogens (tertiary/aromatic N) is 1. The van der Waals surface area contributed by atoms with E-state index >= 15 is 0 Å². The fourth-order valence-corrected chi connectivity index (χ4v) is 3.27. The molecule has 3 heteroatoms. The Morgan fingerprint density at radius 3 is 2.64 bits per heavy atom. The van der Waals surface area contributed by atoms with Gasteiger partial charge in [-0.3, -0.25) is 4.79 Å². The van der Waals surface area contributed by atoms with Crippen molar-refractivity contribution in [1.82, 2.24) is 10.2 Å². The van der Waals surface area contributed by atoms with Crippen LogP contribution >= 0.6 is 0 Å². The van der Waals surface area contributed by atoms with Crippen LogP contribution in [-0.4, -0.2) is 37.0 Å². The number of benzene rings is 2. The highest BCUT2D eigenvalue weighted by Gasteiger charge is 2.24. The average Bonchev–Trinajstić information content (AvgIpc) is 2.59. The monoisotopic (exact) mass is 296 g/mol. The second-order valence-corrected chi connectivity index (χ2v) is 6.07. The fourth-order valence-electron chi connectivity index (χ4n) is 3.27. The molecule has 2 aromatic rings. The van der Waals surface area contributed by atoms with Gasteiger partial charge >= 0.3 is 0 Å². The molecule has 3 nitrogen and oxygen atoms in total. The third kappa shape index (κ3) is 3.14. The molecule has 3 rings (SSSR count). The number of rotatable bonds is 4. The Morgan fingerprint density at radius 1 is 1.14 bits per heavy atom. The third-order valence-electron chi connectivity index (χ3n) is 4.60. The lowest BCUT2D eigenvalue weighted by molar-refractivity contribution is 0.0692. The van der Waals surface area contributed by atoms with E-state index in [9.17, 15) is 4.79 Å². The Morgan fingerprint density at radius 2 is 1.86 bits per heavy atom. The Labute approximate surface area is 132 Å². The Bertz CT molecular complexity index is 639. The minimum absolute atomic E-state index is 0.179. The second kappa shape index (κ2) is 6.93. The molecule has 0 spiro atoms. The molecule has 22 heavy (non-hydrogen) atoms. The molecular formula is C19H24N2O. The lowest BCUT2D eigenvalue weighted by Gasteiger charge is -2.32. The van der Waals surface area contributed by atoms with Crippen LogP contribution in [0.3, 0.4) is 0 Å². The predicted molar refractivity (Wildman–Crippen MR) is 91.1 cm³/mol. The smallest absolute Gasteiger partial charge is 0.254 e. The molecule has 0 saturated carbocycles. The summed E-state index contributed by atoms with van der Waals surface area (Å²) < 4.78 is 0. The molecule has 1 saturated heterocycles.